The van der Waals surface area contributed by atoms with Crippen LogP contribution >= 0.6 is 22.9 Å². The Morgan fingerprint density at radius 1 is 1.32 bits per heavy atom. The molecule has 0 amide bonds. The Bertz CT molecular complexity index is 330. The van der Waals surface area contributed by atoms with E-state index in [-0.39, 0.29) is 0 Å². The Balaban J connectivity index is 1.92. The van der Waals surface area contributed by atoms with Crippen molar-refractivity contribution in [2.75, 3.05) is 13.2 Å². The molecule has 1 aromatic heterocycles. The van der Waals surface area contributed by atoms with E-state index in [1.807, 2.05) is 6.07 Å². The summed E-state index contributed by atoms with van der Waals surface area (Å²) in [6, 6.07) is 4.01. The molecule has 1 aromatic rings. The molecule has 2 nitrogen and oxygen atoms in total. The van der Waals surface area contributed by atoms with E-state index in [1.54, 1.807) is 11.3 Å². The van der Waals surface area contributed by atoms with Crippen LogP contribution in [0.4, 0.5) is 0 Å². The number of unbranched alkanes of at least 4 members (excludes halogenated alkanes) is 3. The predicted molar refractivity (Wildman–Crippen MR) is 85.2 cm³/mol. The summed E-state index contributed by atoms with van der Waals surface area (Å²) in [5.74, 6) is 0. The van der Waals surface area contributed by atoms with Gasteiger partial charge >= 0.3 is 0 Å². The van der Waals surface area contributed by atoms with Crippen molar-refractivity contribution in [3.8, 4) is 0 Å². The molecule has 0 aliphatic carbocycles. The maximum Gasteiger partial charge on any atom is 0.0931 e. The van der Waals surface area contributed by atoms with Crippen LogP contribution < -0.4 is 5.32 Å². The van der Waals surface area contributed by atoms with E-state index >= 15 is 0 Å². The van der Waals surface area contributed by atoms with Crippen LogP contribution in [0.5, 0.6) is 0 Å². The van der Waals surface area contributed by atoms with E-state index in [0.29, 0.717) is 6.10 Å². The van der Waals surface area contributed by atoms with Crippen LogP contribution in [0.25, 0.3) is 0 Å². The summed E-state index contributed by atoms with van der Waals surface area (Å²) in [6.07, 6.45) is 6.83. The van der Waals surface area contributed by atoms with Gasteiger partial charge < -0.3 is 10.1 Å². The van der Waals surface area contributed by atoms with Gasteiger partial charge in [0.25, 0.3) is 0 Å². The molecule has 0 aliphatic heterocycles. The van der Waals surface area contributed by atoms with E-state index in [1.165, 1.54) is 37.0 Å². The number of ether oxygens (including phenoxy) is 1. The first-order valence-corrected chi connectivity index (χ1v) is 8.48. The normalized spacial score (nSPS) is 12.8. The third-order valence-electron chi connectivity index (χ3n) is 3.07. The van der Waals surface area contributed by atoms with Crippen LogP contribution in [0.15, 0.2) is 12.1 Å². The summed E-state index contributed by atoms with van der Waals surface area (Å²) in [6.45, 7) is 6.98. The first kappa shape index (κ1) is 17.0. The third kappa shape index (κ3) is 8.64. The summed E-state index contributed by atoms with van der Waals surface area (Å²) < 4.78 is 6.64. The molecular weight excluding hydrogens is 278 g/mol. The molecule has 1 unspecified atom stereocenters. The van der Waals surface area contributed by atoms with Gasteiger partial charge in [-0.15, -0.1) is 11.3 Å². The van der Waals surface area contributed by atoms with Gasteiger partial charge in [0, 0.05) is 18.0 Å². The Morgan fingerprint density at radius 3 is 2.84 bits per heavy atom. The van der Waals surface area contributed by atoms with Crippen LogP contribution in [0.1, 0.15) is 50.8 Å². The molecule has 0 spiro atoms. The zero-order valence-corrected chi connectivity index (χ0v) is 13.7. The molecule has 0 saturated heterocycles. The van der Waals surface area contributed by atoms with Crippen molar-refractivity contribution in [2.45, 2.75) is 58.6 Å². The minimum Gasteiger partial charge on any atom is -0.377 e. The van der Waals surface area contributed by atoms with Gasteiger partial charge in [-0.3, -0.25) is 0 Å². The lowest BCUT2D eigenvalue weighted by atomic mass is 10.1. The first-order chi connectivity index (χ1) is 9.22. The lowest BCUT2D eigenvalue weighted by Gasteiger charge is -2.13. The van der Waals surface area contributed by atoms with Crippen molar-refractivity contribution in [1.29, 1.82) is 0 Å². The van der Waals surface area contributed by atoms with E-state index < -0.39 is 0 Å². The quantitative estimate of drug-likeness (QED) is 0.589. The monoisotopic (exact) mass is 303 g/mol. The number of hydrogen-bond acceptors (Lipinski definition) is 3. The molecule has 0 radical (unpaired) electrons. The lowest BCUT2D eigenvalue weighted by Crippen LogP contribution is -2.21. The van der Waals surface area contributed by atoms with Crippen molar-refractivity contribution in [1.82, 2.24) is 5.32 Å². The van der Waals surface area contributed by atoms with Crippen molar-refractivity contribution in [3.63, 3.8) is 0 Å². The fraction of sp³-hybridized carbons (Fsp3) is 0.733. The van der Waals surface area contributed by atoms with E-state index in [9.17, 15) is 0 Å². The minimum atomic E-state index is 0.384. The standard InChI is InChI=1S/C15H26ClNOS/c1-3-4-5-6-7-13(2)18-11-10-17-12-14-8-9-15(16)19-14/h8-9,13,17H,3-7,10-12H2,1-2H3. The summed E-state index contributed by atoms with van der Waals surface area (Å²) in [5.41, 5.74) is 0. The van der Waals surface area contributed by atoms with Crippen molar-refractivity contribution >= 4 is 22.9 Å². The van der Waals surface area contributed by atoms with Crippen molar-refractivity contribution < 1.29 is 4.74 Å². The Labute approximate surface area is 126 Å². The second-order valence-electron chi connectivity index (χ2n) is 4.91. The highest BCUT2D eigenvalue weighted by atomic mass is 35.5. The third-order valence-corrected chi connectivity index (χ3v) is 4.30. The highest BCUT2D eigenvalue weighted by Crippen LogP contribution is 2.20. The van der Waals surface area contributed by atoms with Crippen LogP contribution in [0.3, 0.4) is 0 Å². The Hall–Kier alpha value is -0.0900. The number of thiophene rings is 1. The number of halogens is 1. The second kappa shape index (κ2) is 10.7. The van der Waals surface area contributed by atoms with Gasteiger partial charge in [0.05, 0.1) is 17.0 Å². The fourth-order valence-corrected chi connectivity index (χ4v) is 2.99. The molecule has 110 valence electrons. The van der Waals surface area contributed by atoms with Crippen LogP contribution in [-0.4, -0.2) is 19.3 Å². The first-order valence-electron chi connectivity index (χ1n) is 7.29. The predicted octanol–water partition coefficient (Wildman–Crippen LogP) is 4.87. The molecule has 4 heteroatoms. The highest BCUT2D eigenvalue weighted by Gasteiger charge is 2.02. The van der Waals surface area contributed by atoms with Crippen molar-refractivity contribution in [2.24, 2.45) is 0 Å². The van der Waals surface area contributed by atoms with Gasteiger partial charge in [-0.25, -0.2) is 0 Å². The maximum atomic E-state index is 5.88. The number of nitrogens with one attached hydrogen (secondary N) is 1. The second-order valence-corrected chi connectivity index (χ2v) is 6.71. The molecular formula is C15H26ClNOS. The average Bonchev–Trinajstić information content (AvgIpc) is 2.80. The largest absolute Gasteiger partial charge is 0.377 e. The van der Waals surface area contributed by atoms with E-state index in [0.717, 1.165) is 24.0 Å². The number of rotatable bonds is 11. The van der Waals surface area contributed by atoms with Crippen LogP contribution in [-0.2, 0) is 11.3 Å². The van der Waals surface area contributed by atoms with Gasteiger partial charge in [0.15, 0.2) is 0 Å². The smallest absolute Gasteiger partial charge is 0.0931 e. The maximum absolute atomic E-state index is 5.88. The molecule has 1 N–H and O–H groups in total. The molecule has 1 atom stereocenters. The van der Waals surface area contributed by atoms with Crippen LogP contribution in [0, 0.1) is 0 Å². The molecule has 0 aromatic carbocycles. The molecule has 19 heavy (non-hydrogen) atoms. The Morgan fingerprint density at radius 2 is 2.16 bits per heavy atom. The van der Waals surface area contributed by atoms with Gasteiger partial charge in [0.2, 0.25) is 0 Å². The van der Waals surface area contributed by atoms with Crippen molar-refractivity contribution in [3.05, 3.63) is 21.3 Å². The van der Waals surface area contributed by atoms with Gasteiger partial charge in [-0.05, 0) is 25.5 Å². The van der Waals surface area contributed by atoms with Crippen LogP contribution in [0.2, 0.25) is 4.34 Å². The molecule has 0 bridgehead atoms. The molecule has 0 saturated carbocycles. The summed E-state index contributed by atoms with van der Waals surface area (Å²) in [5, 5.41) is 3.37. The molecule has 0 aliphatic rings. The van der Waals surface area contributed by atoms with E-state index in [2.05, 4.69) is 25.2 Å². The zero-order valence-electron chi connectivity index (χ0n) is 12.1. The highest BCUT2D eigenvalue weighted by molar-refractivity contribution is 7.16. The molecule has 1 heterocycles. The van der Waals surface area contributed by atoms with Gasteiger partial charge in [-0.2, -0.15) is 0 Å². The molecule has 0 fully saturated rings. The zero-order chi connectivity index (χ0) is 13.9. The number of hydrogen-bond donors (Lipinski definition) is 1. The Kier molecular flexibility index (Phi) is 9.52. The SMILES string of the molecule is CCCCCCC(C)OCCNCc1ccc(Cl)s1. The van der Waals surface area contributed by atoms with E-state index in [4.69, 9.17) is 16.3 Å². The molecule has 1 rings (SSSR count). The minimum absolute atomic E-state index is 0.384. The summed E-state index contributed by atoms with van der Waals surface area (Å²) in [4.78, 5) is 1.28. The fourth-order valence-electron chi connectivity index (χ4n) is 1.93. The average molecular weight is 304 g/mol. The van der Waals surface area contributed by atoms with Gasteiger partial charge in [-0.1, -0.05) is 44.2 Å². The summed E-state index contributed by atoms with van der Waals surface area (Å²) in [7, 11) is 0. The topological polar surface area (TPSA) is 21.3 Å². The lowest BCUT2D eigenvalue weighted by molar-refractivity contribution is 0.0603. The summed E-state index contributed by atoms with van der Waals surface area (Å²) >= 11 is 7.51. The van der Waals surface area contributed by atoms with Gasteiger partial charge in [0.1, 0.15) is 0 Å².